The highest BCUT2D eigenvalue weighted by Crippen LogP contribution is 2.25. The second-order valence-corrected chi connectivity index (χ2v) is 4.38. The lowest BCUT2D eigenvalue weighted by Crippen LogP contribution is -2.24. The molecule has 0 fully saturated rings. The normalized spacial score (nSPS) is 10.6. The van der Waals surface area contributed by atoms with Gasteiger partial charge in [-0.25, -0.2) is 14.2 Å². The smallest absolute Gasteiger partial charge is 0.277 e. The monoisotopic (exact) mass is 320 g/mol. The molecule has 1 amide bonds. The molecule has 23 heavy (non-hydrogen) atoms. The van der Waals surface area contributed by atoms with Crippen molar-refractivity contribution in [1.29, 1.82) is 0 Å². The van der Waals surface area contributed by atoms with Crippen molar-refractivity contribution in [3.05, 3.63) is 59.7 Å². The first-order chi connectivity index (χ1) is 11.1. The highest BCUT2D eigenvalue weighted by molar-refractivity contribution is 5.83. The third kappa shape index (κ3) is 4.50. The van der Waals surface area contributed by atoms with Crippen LogP contribution in [0.15, 0.2) is 47.6 Å². The summed E-state index contributed by atoms with van der Waals surface area (Å²) in [7, 11) is 1.49. The quantitative estimate of drug-likeness (QED) is 0.657. The Kier molecular flexibility index (Phi) is 5.62. The molecular formula is C16H14F2N2O3. The molecule has 2 aromatic rings. The van der Waals surface area contributed by atoms with E-state index in [4.69, 9.17) is 9.47 Å². The van der Waals surface area contributed by atoms with Crippen LogP contribution in [0.25, 0.3) is 0 Å². The molecule has 0 spiro atoms. The van der Waals surface area contributed by atoms with Crippen LogP contribution in [0.3, 0.4) is 0 Å². The van der Waals surface area contributed by atoms with Gasteiger partial charge in [0.05, 0.1) is 13.3 Å². The SMILES string of the molecule is COc1ccccc1OCC(=O)NN=Cc1cccc(F)c1F. The van der Waals surface area contributed by atoms with Crippen LogP contribution >= 0.6 is 0 Å². The van der Waals surface area contributed by atoms with Gasteiger partial charge in [-0.1, -0.05) is 24.3 Å². The molecule has 2 aromatic carbocycles. The fourth-order valence-electron chi connectivity index (χ4n) is 1.71. The number of amides is 1. The summed E-state index contributed by atoms with van der Waals surface area (Å²) in [5.41, 5.74) is 2.09. The number of benzene rings is 2. The number of hydrazone groups is 1. The molecule has 120 valence electrons. The number of para-hydroxylation sites is 2. The first-order valence-corrected chi connectivity index (χ1v) is 6.63. The fraction of sp³-hybridized carbons (Fsp3) is 0.125. The summed E-state index contributed by atoms with van der Waals surface area (Å²) < 4.78 is 36.7. The lowest BCUT2D eigenvalue weighted by Gasteiger charge is -2.09. The van der Waals surface area contributed by atoms with Gasteiger partial charge < -0.3 is 9.47 Å². The summed E-state index contributed by atoms with van der Waals surface area (Å²) >= 11 is 0. The van der Waals surface area contributed by atoms with Gasteiger partial charge in [0.25, 0.3) is 5.91 Å². The van der Waals surface area contributed by atoms with Crippen LogP contribution < -0.4 is 14.9 Å². The third-order valence-electron chi connectivity index (χ3n) is 2.80. The number of nitrogens with zero attached hydrogens (tertiary/aromatic N) is 1. The minimum atomic E-state index is -1.03. The van der Waals surface area contributed by atoms with Crippen LogP contribution in [0.5, 0.6) is 11.5 Å². The molecule has 2 rings (SSSR count). The summed E-state index contributed by atoms with van der Waals surface area (Å²) in [6, 6.07) is 10.5. The number of ether oxygens (including phenoxy) is 2. The molecular weight excluding hydrogens is 306 g/mol. The number of methoxy groups -OCH3 is 1. The van der Waals surface area contributed by atoms with Gasteiger partial charge in [-0.2, -0.15) is 5.10 Å². The van der Waals surface area contributed by atoms with Crippen LogP contribution in [-0.4, -0.2) is 25.8 Å². The van der Waals surface area contributed by atoms with Crippen molar-refractivity contribution < 1.29 is 23.0 Å². The van der Waals surface area contributed by atoms with E-state index in [0.717, 1.165) is 12.3 Å². The van der Waals surface area contributed by atoms with Gasteiger partial charge >= 0.3 is 0 Å². The summed E-state index contributed by atoms with van der Waals surface area (Å²) in [6.45, 7) is -0.302. The van der Waals surface area contributed by atoms with E-state index < -0.39 is 17.5 Å². The molecule has 0 saturated carbocycles. The van der Waals surface area contributed by atoms with Gasteiger partial charge in [-0.15, -0.1) is 0 Å². The second kappa shape index (κ2) is 7.88. The van der Waals surface area contributed by atoms with Crippen molar-refractivity contribution in [3.63, 3.8) is 0 Å². The molecule has 0 saturated heterocycles. The molecule has 0 aliphatic heterocycles. The number of nitrogens with one attached hydrogen (secondary N) is 1. The number of hydrogen-bond acceptors (Lipinski definition) is 4. The maximum absolute atomic E-state index is 13.4. The predicted molar refractivity (Wildman–Crippen MR) is 80.6 cm³/mol. The topological polar surface area (TPSA) is 59.9 Å². The van der Waals surface area contributed by atoms with Crippen molar-refractivity contribution >= 4 is 12.1 Å². The highest BCUT2D eigenvalue weighted by Gasteiger charge is 2.07. The van der Waals surface area contributed by atoms with Gasteiger partial charge in [-0.05, 0) is 18.2 Å². The predicted octanol–water partition coefficient (Wildman–Crippen LogP) is 2.50. The van der Waals surface area contributed by atoms with E-state index in [9.17, 15) is 13.6 Å². The van der Waals surface area contributed by atoms with E-state index >= 15 is 0 Å². The molecule has 0 aliphatic rings. The number of carbonyl (C=O) groups is 1. The Bertz CT molecular complexity index is 720. The lowest BCUT2D eigenvalue weighted by molar-refractivity contribution is -0.123. The summed E-state index contributed by atoms with van der Waals surface area (Å²) in [6.07, 6.45) is 1.01. The first kappa shape index (κ1) is 16.4. The Hall–Kier alpha value is -2.96. The lowest BCUT2D eigenvalue weighted by atomic mass is 10.2. The van der Waals surface area contributed by atoms with E-state index in [2.05, 4.69) is 10.5 Å². The van der Waals surface area contributed by atoms with Gasteiger partial charge in [0, 0.05) is 5.56 Å². The Morgan fingerprint density at radius 1 is 1.17 bits per heavy atom. The zero-order valence-corrected chi connectivity index (χ0v) is 12.3. The zero-order valence-electron chi connectivity index (χ0n) is 12.3. The average molecular weight is 320 g/mol. The standard InChI is InChI=1S/C16H14F2N2O3/c1-22-13-7-2-3-8-14(13)23-10-15(21)20-19-9-11-5-4-6-12(17)16(11)18/h2-9H,10H2,1H3,(H,20,21). The Morgan fingerprint density at radius 2 is 1.91 bits per heavy atom. The number of hydrogen-bond donors (Lipinski definition) is 1. The Balaban J connectivity index is 1.88. The van der Waals surface area contributed by atoms with Crippen LogP contribution in [0.2, 0.25) is 0 Å². The van der Waals surface area contributed by atoms with Crippen molar-refractivity contribution in [3.8, 4) is 11.5 Å². The molecule has 7 heteroatoms. The summed E-state index contributed by atoms with van der Waals surface area (Å²) in [5.74, 6) is -1.67. The molecule has 1 N–H and O–H groups in total. The Morgan fingerprint density at radius 3 is 2.65 bits per heavy atom. The van der Waals surface area contributed by atoms with Crippen LogP contribution in [-0.2, 0) is 4.79 Å². The summed E-state index contributed by atoms with van der Waals surface area (Å²) in [4.78, 5) is 11.6. The van der Waals surface area contributed by atoms with Gasteiger partial charge in [-0.3, -0.25) is 4.79 Å². The maximum Gasteiger partial charge on any atom is 0.277 e. The largest absolute Gasteiger partial charge is 0.493 e. The Labute approximate surface area is 131 Å². The molecule has 5 nitrogen and oxygen atoms in total. The van der Waals surface area contributed by atoms with E-state index in [1.54, 1.807) is 24.3 Å². The molecule has 0 radical (unpaired) electrons. The molecule has 0 aromatic heterocycles. The average Bonchev–Trinajstić information content (AvgIpc) is 2.57. The van der Waals surface area contributed by atoms with Crippen LogP contribution in [0, 0.1) is 11.6 Å². The highest BCUT2D eigenvalue weighted by atomic mass is 19.2. The zero-order chi connectivity index (χ0) is 16.7. The molecule has 0 unspecified atom stereocenters. The number of rotatable bonds is 6. The number of halogens is 2. The minimum Gasteiger partial charge on any atom is -0.493 e. The van der Waals surface area contributed by atoms with Gasteiger partial charge in [0.2, 0.25) is 0 Å². The fourth-order valence-corrected chi connectivity index (χ4v) is 1.71. The summed E-state index contributed by atoms with van der Waals surface area (Å²) in [5, 5.41) is 3.56. The van der Waals surface area contributed by atoms with Crippen molar-refractivity contribution in [2.75, 3.05) is 13.7 Å². The third-order valence-corrected chi connectivity index (χ3v) is 2.80. The molecule has 0 heterocycles. The maximum atomic E-state index is 13.4. The molecule has 0 aliphatic carbocycles. The van der Waals surface area contributed by atoms with Crippen molar-refractivity contribution in [2.45, 2.75) is 0 Å². The minimum absolute atomic E-state index is 0.0732. The van der Waals surface area contributed by atoms with Crippen molar-refractivity contribution in [1.82, 2.24) is 5.43 Å². The van der Waals surface area contributed by atoms with Gasteiger partial charge in [0.1, 0.15) is 0 Å². The number of carbonyl (C=O) groups excluding carboxylic acids is 1. The first-order valence-electron chi connectivity index (χ1n) is 6.63. The molecule has 0 bridgehead atoms. The van der Waals surface area contributed by atoms with E-state index in [1.165, 1.54) is 19.2 Å². The second-order valence-electron chi connectivity index (χ2n) is 4.38. The van der Waals surface area contributed by atoms with Crippen LogP contribution in [0.4, 0.5) is 8.78 Å². The van der Waals surface area contributed by atoms with E-state index in [-0.39, 0.29) is 12.2 Å². The molecule has 0 atom stereocenters. The van der Waals surface area contributed by atoms with Crippen LogP contribution in [0.1, 0.15) is 5.56 Å². The van der Waals surface area contributed by atoms with E-state index in [0.29, 0.717) is 11.5 Å². The van der Waals surface area contributed by atoms with E-state index in [1.807, 2.05) is 0 Å². The van der Waals surface area contributed by atoms with Gasteiger partial charge in [0.15, 0.2) is 29.7 Å². The van der Waals surface area contributed by atoms with Crippen molar-refractivity contribution in [2.24, 2.45) is 5.10 Å².